The number of alkyl halides is 3. The van der Waals surface area contributed by atoms with Crippen LogP contribution in [0.15, 0.2) is 66.0 Å². The van der Waals surface area contributed by atoms with E-state index < -0.39 is 17.8 Å². The average Bonchev–Trinajstić information content (AvgIpc) is 3.60. The van der Waals surface area contributed by atoms with E-state index in [2.05, 4.69) is 25.4 Å². The molecule has 15 heteroatoms. The van der Waals surface area contributed by atoms with Crippen molar-refractivity contribution in [2.75, 3.05) is 23.1 Å². The molecule has 0 aliphatic carbocycles. The molecular formula is C28H23ClF3N7O3S. The van der Waals surface area contributed by atoms with E-state index in [1.165, 1.54) is 34.1 Å². The van der Waals surface area contributed by atoms with E-state index in [1.807, 2.05) is 32.0 Å². The van der Waals surface area contributed by atoms with Crippen LogP contribution in [0.3, 0.4) is 0 Å². The van der Waals surface area contributed by atoms with Crippen LogP contribution < -0.4 is 10.2 Å². The number of halogens is 4. The number of pyridine rings is 1. The van der Waals surface area contributed by atoms with Gasteiger partial charge in [0.15, 0.2) is 16.8 Å². The highest BCUT2D eigenvalue weighted by Gasteiger charge is 2.33. The Bertz CT molecular complexity index is 1730. The fourth-order valence-electron chi connectivity index (χ4n) is 4.18. The predicted octanol–water partition coefficient (Wildman–Crippen LogP) is 6.69. The number of thioether (sulfide) groups is 1. The molecule has 1 unspecified atom stereocenters. The maximum absolute atomic E-state index is 12.9. The summed E-state index contributed by atoms with van der Waals surface area (Å²) in [6, 6.07) is 11.7. The van der Waals surface area contributed by atoms with Gasteiger partial charge in [-0.25, -0.2) is 19.4 Å². The van der Waals surface area contributed by atoms with Gasteiger partial charge >= 0.3 is 12.2 Å². The quantitative estimate of drug-likeness (QED) is 0.253. The van der Waals surface area contributed by atoms with Gasteiger partial charge in [-0.1, -0.05) is 35.5 Å². The Morgan fingerprint density at radius 3 is 2.63 bits per heavy atom. The molecule has 10 nitrogen and oxygen atoms in total. The standard InChI is InChI=1S/C28H23ClF3N7O3S/c1-15-4-7-19(16(2)42-3)22(10-15)39-24(40)13-43-27(39)36-26(41)35-21-8-5-17(11-20(21)29)25-34-14-38(37-25)23-9-6-18(12-33-23)28(30,31)32/h4-12,14,16H,13H2,1-3H3,(H,35,41)/b36-27-. The molecule has 43 heavy (non-hydrogen) atoms. The van der Waals surface area contributed by atoms with Crippen LogP contribution in [0.1, 0.15) is 29.7 Å². The van der Waals surface area contributed by atoms with Crippen LogP contribution in [0, 0.1) is 6.92 Å². The lowest BCUT2D eigenvalue weighted by Crippen LogP contribution is -2.31. The second-order valence-electron chi connectivity index (χ2n) is 9.39. The van der Waals surface area contributed by atoms with Gasteiger partial charge in [-0.15, -0.1) is 5.10 Å². The van der Waals surface area contributed by atoms with Gasteiger partial charge in [-0.2, -0.15) is 18.2 Å². The Morgan fingerprint density at radius 2 is 1.95 bits per heavy atom. The minimum atomic E-state index is -4.50. The number of aryl methyl sites for hydroxylation is 1. The fraction of sp³-hybridized carbons (Fsp3) is 0.214. The summed E-state index contributed by atoms with van der Waals surface area (Å²) < 4.78 is 45.2. The largest absolute Gasteiger partial charge is 0.417 e. The Hall–Kier alpha value is -4.27. The van der Waals surface area contributed by atoms with E-state index in [4.69, 9.17) is 16.3 Å². The number of urea groups is 1. The molecule has 0 bridgehead atoms. The second kappa shape index (κ2) is 12.1. The zero-order valence-corrected chi connectivity index (χ0v) is 24.5. The molecule has 1 fully saturated rings. The van der Waals surface area contributed by atoms with Gasteiger partial charge in [0.25, 0.3) is 0 Å². The number of methoxy groups -OCH3 is 1. The van der Waals surface area contributed by atoms with Crippen molar-refractivity contribution in [2.45, 2.75) is 26.1 Å². The predicted molar refractivity (Wildman–Crippen MR) is 158 cm³/mol. The van der Waals surface area contributed by atoms with Crippen LogP contribution in [0.5, 0.6) is 0 Å². The normalized spacial score (nSPS) is 15.3. The van der Waals surface area contributed by atoms with Gasteiger partial charge in [0.2, 0.25) is 5.91 Å². The lowest BCUT2D eigenvalue weighted by atomic mass is 10.0. The molecule has 3 amide bonds. The smallest absolute Gasteiger partial charge is 0.377 e. The maximum Gasteiger partial charge on any atom is 0.417 e. The number of benzene rings is 2. The van der Waals surface area contributed by atoms with E-state index in [0.717, 1.165) is 29.0 Å². The maximum atomic E-state index is 12.9. The SMILES string of the molecule is COC(C)c1ccc(C)cc1N1C(=O)CS/C1=N\C(=O)Nc1ccc(-c2ncn(-c3ccc(C(F)(F)F)cn3)n2)cc1Cl. The van der Waals surface area contributed by atoms with Crippen LogP contribution in [-0.2, 0) is 15.7 Å². The molecule has 5 rings (SSSR count). The highest BCUT2D eigenvalue weighted by Crippen LogP contribution is 2.35. The summed E-state index contributed by atoms with van der Waals surface area (Å²) in [5.41, 5.74) is 2.17. The summed E-state index contributed by atoms with van der Waals surface area (Å²) in [5.74, 6) is 0.287. The van der Waals surface area contributed by atoms with Crippen molar-refractivity contribution in [3.05, 3.63) is 82.8 Å². The van der Waals surface area contributed by atoms with E-state index >= 15 is 0 Å². The van der Waals surface area contributed by atoms with Gasteiger partial charge in [0, 0.05) is 24.4 Å². The molecule has 1 atom stereocenters. The minimum Gasteiger partial charge on any atom is -0.377 e. The zero-order valence-electron chi connectivity index (χ0n) is 22.9. The van der Waals surface area contributed by atoms with Crippen molar-refractivity contribution < 1.29 is 27.5 Å². The molecule has 1 saturated heterocycles. The van der Waals surface area contributed by atoms with Gasteiger partial charge in [-0.3, -0.25) is 9.69 Å². The van der Waals surface area contributed by atoms with Crippen molar-refractivity contribution in [1.82, 2.24) is 19.7 Å². The Morgan fingerprint density at radius 1 is 1.16 bits per heavy atom. The third-order valence-electron chi connectivity index (χ3n) is 6.45. The van der Waals surface area contributed by atoms with E-state index in [0.29, 0.717) is 17.4 Å². The molecule has 2 aromatic heterocycles. The molecule has 0 saturated carbocycles. The summed E-state index contributed by atoms with van der Waals surface area (Å²) in [4.78, 5) is 39.3. The molecule has 1 N–H and O–H groups in total. The molecule has 0 radical (unpaired) electrons. The van der Waals surface area contributed by atoms with Crippen molar-refractivity contribution in [2.24, 2.45) is 4.99 Å². The molecule has 3 heterocycles. The number of rotatable bonds is 6. The number of amides is 3. The highest BCUT2D eigenvalue weighted by atomic mass is 35.5. The van der Waals surface area contributed by atoms with Gasteiger partial charge in [0.1, 0.15) is 6.33 Å². The van der Waals surface area contributed by atoms with Crippen LogP contribution in [0.4, 0.5) is 29.3 Å². The number of nitrogens with zero attached hydrogens (tertiary/aromatic N) is 6. The van der Waals surface area contributed by atoms with Crippen molar-refractivity contribution in [1.29, 1.82) is 0 Å². The highest BCUT2D eigenvalue weighted by molar-refractivity contribution is 8.15. The molecule has 2 aromatic carbocycles. The number of nitrogens with one attached hydrogen (secondary N) is 1. The summed E-state index contributed by atoms with van der Waals surface area (Å²) in [5, 5.41) is 7.28. The molecule has 1 aliphatic rings. The van der Waals surface area contributed by atoms with E-state index in [-0.39, 0.29) is 45.3 Å². The first-order valence-corrected chi connectivity index (χ1v) is 14.0. The number of aliphatic imine (C=N–C) groups is 1. The summed E-state index contributed by atoms with van der Waals surface area (Å²) in [6.45, 7) is 3.77. The number of anilines is 2. The number of aromatic nitrogens is 4. The lowest BCUT2D eigenvalue weighted by Gasteiger charge is -2.23. The van der Waals surface area contributed by atoms with Crippen LogP contribution in [0.2, 0.25) is 5.02 Å². The number of hydrogen-bond acceptors (Lipinski definition) is 7. The number of amidine groups is 1. The minimum absolute atomic E-state index is 0.123. The molecule has 4 aromatic rings. The summed E-state index contributed by atoms with van der Waals surface area (Å²) in [7, 11) is 1.57. The van der Waals surface area contributed by atoms with Crippen LogP contribution in [0.25, 0.3) is 17.2 Å². The number of carbonyl (C=O) groups excluding carboxylic acids is 2. The Balaban J connectivity index is 1.33. The average molecular weight is 630 g/mol. The topological polar surface area (TPSA) is 115 Å². The van der Waals surface area contributed by atoms with Gasteiger partial charge in [-0.05, 0) is 55.8 Å². The molecule has 0 spiro atoms. The van der Waals surface area contributed by atoms with E-state index in [1.54, 1.807) is 13.2 Å². The third kappa shape index (κ3) is 6.55. The van der Waals surface area contributed by atoms with E-state index in [9.17, 15) is 22.8 Å². The number of carbonyl (C=O) groups is 2. The van der Waals surface area contributed by atoms with Crippen molar-refractivity contribution >= 4 is 51.8 Å². The van der Waals surface area contributed by atoms with Crippen LogP contribution in [-0.4, -0.2) is 49.7 Å². The summed E-state index contributed by atoms with van der Waals surface area (Å²) in [6.07, 6.45) is -2.77. The van der Waals surface area contributed by atoms with Crippen molar-refractivity contribution in [3.8, 4) is 17.2 Å². The fourth-order valence-corrected chi connectivity index (χ4v) is 5.27. The van der Waals surface area contributed by atoms with Gasteiger partial charge < -0.3 is 10.1 Å². The third-order valence-corrected chi connectivity index (χ3v) is 7.69. The monoisotopic (exact) mass is 629 g/mol. The van der Waals surface area contributed by atoms with Crippen molar-refractivity contribution in [3.63, 3.8) is 0 Å². The first-order valence-electron chi connectivity index (χ1n) is 12.7. The Labute approximate surface area is 252 Å². The molecule has 1 aliphatic heterocycles. The van der Waals surface area contributed by atoms with Crippen LogP contribution >= 0.6 is 23.4 Å². The first-order chi connectivity index (χ1) is 20.4. The zero-order chi connectivity index (χ0) is 30.9. The second-order valence-corrected chi connectivity index (χ2v) is 10.7. The number of hydrogen-bond donors (Lipinski definition) is 1. The molecule has 222 valence electrons. The first kappa shape index (κ1) is 30.2. The number of ether oxygens (including phenoxy) is 1. The van der Waals surface area contributed by atoms with Gasteiger partial charge in [0.05, 0.1) is 33.8 Å². The lowest BCUT2D eigenvalue weighted by molar-refractivity contribution is -0.137. The Kier molecular flexibility index (Phi) is 8.53. The summed E-state index contributed by atoms with van der Waals surface area (Å²) >= 11 is 7.58. The molecular weight excluding hydrogens is 607 g/mol.